The third-order valence-electron chi connectivity index (χ3n) is 4.85. The Morgan fingerprint density at radius 3 is 2.70 bits per heavy atom. The number of ether oxygens (including phenoxy) is 1. The molecule has 2 heterocycles. The van der Waals surface area contributed by atoms with Crippen LogP contribution >= 0.6 is 0 Å². The zero-order valence-corrected chi connectivity index (χ0v) is 13.1. The van der Waals surface area contributed by atoms with E-state index in [1.165, 1.54) is 37.9 Å². The first kappa shape index (κ1) is 14.1. The van der Waals surface area contributed by atoms with E-state index in [1.54, 1.807) is 0 Å². The predicted molar refractivity (Wildman–Crippen MR) is 83.0 cm³/mol. The highest BCUT2D eigenvalue weighted by molar-refractivity contribution is 5.24. The van der Waals surface area contributed by atoms with Crippen LogP contribution in [0.4, 0.5) is 0 Å². The van der Waals surface area contributed by atoms with E-state index < -0.39 is 0 Å². The van der Waals surface area contributed by atoms with Crippen LogP contribution in [-0.4, -0.2) is 35.7 Å². The molecule has 2 saturated heterocycles. The summed E-state index contributed by atoms with van der Waals surface area (Å²) >= 11 is 0. The molecule has 2 fully saturated rings. The Kier molecular flexibility index (Phi) is 3.64. The maximum Gasteiger partial charge on any atom is 0.0657 e. The normalized spacial score (nSPS) is 30.6. The highest BCUT2D eigenvalue weighted by Crippen LogP contribution is 2.45. The lowest BCUT2D eigenvalue weighted by atomic mass is 9.87. The number of fused-ring (bicyclic) bond motifs is 1. The number of benzene rings is 1. The fourth-order valence-electron chi connectivity index (χ4n) is 3.82. The quantitative estimate of drug-likeness (QED) is 0.830. The molecule has 0 bridgehead atoms. The van der Waals surface area contributed by atoms with E-state index in [2.05, 4.69) is 56.0 Å². The van der Waals surface area contributed by atoms with Crippen molar-refractivity contribution < 1.29 is 4.74 Å². The molecule has 3 rings (SSSR count). The zero-order chi connectivity index (χ0) is 14.2. The molecule has 2 unspecified atom stereocenters. The van der Waals surface area contributed by atoms with Crippen LogP contribution in [0, 0.1) is 0 Å². The molecule has 110 valence electrons. The van der Waals surface area contributed by atoms with Gasteiger partial charge in [-0.1, -0.05) is 30.3 Å². The minimum atomic E-state index is -0.0339. The Labute approximate surface area is 123 Å². The van der Waals surface area contributed by atoms with Crippen LogP contribution in [0.1, 0.15) is 51.5 Å². The average molecular weight is 273 g/mol. The second kappa shape index (κ2) is 5.16. The van der Waals surface area contributed by atoms with Gasteiger partial charge in [0.2, 0.25) is 0 Å². The Morgan fingerprint density at radius 1 is 1.25 bits per heavy atom. The Balaban J connectivity index is 1.74. The van der Waals surface area contributed by atoms with Crippen molar-refractivity contribution >= 4 is 0 Å². The second-order valence-corrected chi connectivity index (χ2v) is 7.49. The molecular formula is C18H27NO. The van der Waals surface area contributed by atoms with Gasteiger partial charge in [-0.05, 0) is 58.1 Å². The topological polar surface area (TPSA) is 12.5 Å². The van der Waals surface area contributed by atoms with Crippen molar-refractivity contribution in [2.24, 2.45) is 0 Å². The minimum absolute atomic E-state index is 0.0339. The minimum Gasteiger partial charge on any atom is -0.374 e. The molecule has 2 heteroatoms. The van der Waals surface area contributed by atoms with Gasteiger partial charge >= 0.3 is 0 Å². The van der Waals surface area contributed by atoms with Crippen molar-refractivity contribution in [1.29, 1.82) is 0 Å². The summed E-state index contributed by atoms with van der Waals surface area (Å²) in [6.07, 6.45) is 3.88. The third-order valence-corrected chi connectivity index (χ3v) is 4.85. The van der Waals surface area contributed by atoms with Gasteiger partial charge in [-0.3, -0.25) is 4.90 Å². The molecule has 0 aromatic heterocycles. The third kappa shape index (κ3) is 2.77. The van der Waals surface area contributed by atoms with E-state index in [4.69, 9.17) is 4.74 Å². The summed E-state index contributed by atoms with van der Waals surface area (Å²) in [5.74, 6) is 0.681. The predicted octanol–water partition coefficient (Wildman–Crippen LogP) is 3.82. The van der Waals surface area contributed by atoms with Gasteiger partial charge in [-0.25, -0.2) is 0 Å². The van der Waals surface area contributed by atoms with Crippen LogP contribution in [0.25, 0.3) is 0 Å². The molecule has 1 aromatic rings. The number of hydrogen-bond acceptors (Lipinski definition) is 2. The monoisotopic (exact) mass is 273 g/mol. The summed E-state index contributed by atoms with van der Waals surface area (Å²) in [5.41, 5.74) is 1.76. The van der Waals surface area contributed by atoms with Gasteiger partial charge < -0.3 is 4.74 Å². The summed E-state index contributed by atoms with van der Waals surface area (Å²) < 4.78 is 6.16. The van der Waals surface area contributed by atoms with Crippen LogP contribution in [0.2, 0.25) is 0 Å². The first-order valence-electron chi connectivity index (χ1n) is 7.93. The molecule has 1 aromatic carbocycles. The highest BCUT2D eigenvalue weighted by atomic mass is 16.5. The summed E-state index contributed by atoms with van der Waals surface area (Å²) in [4.78, 5) is 2.69. The molecule has 0 saturated carbocycles. The maximum atomic E-state index is 6.16. The van der Waals surface area contributed by atoms with Gasteiger partial charge in [-0.15, -0.1) is 0 Å². The van der Waals surface area contributed by atoms with E-state index in [0.29, 0.717) is 11.5 Å². The molecule has 0 amide bonds. The summed E-state index contributed by atoms with van der Waals surface area (Å²) in [5, 5.41) is 0. The van der Waals surface area contributed by atoms with E-state index in [1.807, 2.05) is 0 Å². The van der Waals surface area contributed by atoms with Crippen molar-refractivity contribution in [3.8, 4) is 0 Å². The fraction of sp³-hybridized carbons (Fsp3) is 0.667. The first-order chi connectivity index (χ1) is 9.49. The van der Waals surface area contributed by atoms with E-state index in [0.717, 1.165) is 6.61 Å². The van der Waals surface area contributed by atoms with Crippen LogP contribution in [0.3, 0.4) is 0 Å². The van der Waals surface area contributed by atoms with Crippen LogP contribution in [0.15, 0.2) is 30.3 Å². The molecule has 2 nitrogen and oxygen atoms in total. The zero-order valence-electron chi connectivity index (χ0n) is 13.1. The lowest BCUT2D eigenvalue weighted by molar-refractivity contribution is -0.0523. The molecule has 2 atom stereocenters. The summed E-state index contributed by atoms with van der Waals surface area (Å²) in [6, 6.07) is 11.0. The van der Waals surface area contributed by atoms with Gasteiger partial charge in [0.1, 0.15) is 0 Å². The second-order valence-electron chi connectivity index (χ2n) is 7.49. The molecule has 2 aliphatic rings. The first-order valence-corrected chi connectivity index (χ1v) is 7.93. The van der Waals surface area contributed by atoms with Gasteiger partial charge in [0.25, 0.3) is 0 Å². The molecular weight excluding hydrogens is 246 g/mol. The molecule has 0 radical (unpaired) electrons. The Hall–Kier alpha value is -0.860. The van der Waals surface area contributed by atoms with Gasteiger partial charge in [0.15, 0.2) is 0 Å². The smallest absolute Gasteiger partial charge is 0.0657 e. The van der Waals surface area contributed by atoms with Gasteiger partial charge in [-0.2, -0.15) is 0 Å². The van der Waals surface area contributed by atoms with Gasteiger partial charge in [0.05, 0.1) is 12.2 Å². The average Bonchev–Trinajstić information content (AvgIpc) is 2.93. The lowest BCUT2D eigenvalue weighted by Gasteiger charge is -2.34. The fourth-order valence-corrected chi connectivity index (χ4v) is 3.82. The van der Waals surface area contributed by atoms with Crippen molar-refractivity contribution in [3.05, 3.63) is 35.9 Å². The largest absolute Gasteiger partial charge is 0.374 e. The molecule has 2 aliphatic heterocycles. The number of nitrogens with zero attached hydrogens (tertiary/aromatic N) is 1. The molecule has 20 heavy (non-hydrogen) atoms. The van der Waals surface area contributed by atoms with Crippen molar-refractivity contribution in [2.75, 3.05) is 19.7 Å². The van der Waals surface area contributed by atoms with Crippen molar-refractivity contribution in [3.63, 3.8) is 0 Å². The number of hydrogen-bond donors (Lipinski definition) is 0. The molecule has 0 aliphatic carbocycles. The Morgan fingerprint density at radius 2 is 2.00 bits per heavy atom. The SMILES string of the molecule is CC(C)(C)OCC12CCCN1CC(c1ccccc1)C2. The van der Waals surface area contributed by atoms with Crippen LogP contribution in [-0.2, 0) is 4.74 Å². The van der Waals surface area contributed by atoms with E-state index >= 15 is 0 Å². The summed E-state index contributed by atoms with van der Waals surface area (Å²) in [7, 11) is 0. The molecule has 0 spiro atoms. The molecule has 0 N–H and O–H groups in total. The van der Waals surface area contributed by atoms with Gasteiger partial charge in [0, 0.05) is 12.1 Å². The lowest BCUT2D eigenvalue weighted by Crippen LogP contribution is -2.44. The maximum absolute atomic E-state index is 6.16. The van der Waals surface area contributed by atoms with Crippen molar-refractivity contribution in [2.45, 2.75) is 57.1 Å². The number of rotatable bonds is 3. The highest BCUT2D eigenvalue weighted by Gasteiger charge is 2.49. The standard InChI is InChI=1S/C18H27NO/c1-17(2,3)20-14-18-10-7-11-19(18)13-16(12-18)15-8-5-4-6-9-15/h4-6,8-9,16H,7,10-14H2,1-3H3. The van der Waals surface area contributed by atoms with Crippen molar-refractivity contribution in [1.82, 2.24) is 4.90 Å². The summed E-state index contributed by atoms with van der Waals surface area (Å²) in [6.45, 7) is 9.82. The van der Waals surface area contributed by atoms with Crippen LogP contribution in [0.5, 0.6) is 0 Å². The van der Waals surface area contributed by atoms with E-state index in [9.17, 15) is 0 Å². The Bertz CT molecular complexity index is 450. The van der Waals surface area contributed by atoms with Crippen LogP contribution < -0.4 is 0 Å². The van der Waals surface area contributed by atoms with E-state index in [-0.39, 0.29) is 5.60 Å².